The van der Waals surface area contributed by atoms with Gasteiger partial charge in [0.1, 0.15) is 5.82 Å². The minimum absolute atomic E-state index is 0.0438. The van der Waals surface area contributed by atoms with Crippen molar-refractivity contribution in [3.8, 4) is 0 Å². The van der Waals surface area contributed by atoms with Gasteiger partial charge >= 0.3 is 0 Å². The van der Waals surface area contributed by atoms with Gasteiger partial charge in [-0.25, -0.2) is 4.98 Å². The molecule has 1 aliphatic heterocycles. The van der Waals surface area contributed by atoms with Gasteiger partial charge in [-0.15, -0.1) is 0 Å². The maximum Gasteiger partial charge on any atom is 0.253 e. The average molecular weight is 346 g/mol. The lowest BCUT2D eigenvalue weighted by Gasteiger charge is -2.35. The van der Waals surface area contributed by atoms with E-state index in [-0.39, 0.29) is 5.91 Å². The van der Waals surface area contributed by atoms with Crippen LogP contribution in [0.5, 0.6) is 0 Å². The molecular weight excluding hydrogens is 326 g/mol. The third-order valence-electron chi connectivity index (χ3n) is 3.96. The van der Waals surface area contributed by atoms with Crippen LogP contribution in [-0.4, -0.2) is 53.5 Å². The van der Waals surface area contributed by atoms with Gasteiger partial charge in [0.25, 0.3) is 5.91 Å². The summed E-state index contributed by atoms with van der Waals surface area (Å²) in [6.45, 7) is 5.64. The van der Waals surface area contributed by atoms with Gasteiger partial charge in [-0.1, -0.05) is 11.6 Å². The Morgan fingerprint density at radius 1 is 1.17 bits per heavy atom. The lowest BCUT2D eigenvalue weighted by molar-refractivity contribution is 0.0746. The highest BCUT2D eigenvalue weighted by atomic mass is 35.5. The van der Waals surface area contributed by atoms with E-state index in [1.165, 1.54) is 0 Å². The zero-order chi connectivity index (χ0) is 16.9. The predicted octanol–water partition coefficient (Wildman–Crippen LogP) is 2.52. The molecule has 0 aliphatic carbocycles. The van der Waals surface area contributed by atoms with Gasteiger partial charge in [0.2, 0.25) is 5.95 Å². The molecule has 126 valence electrons. The summed E-state index contributed by atoms with van der Waals surface area (Å²) in [7, 11) is 0. The lowest BCUT2D eigenvalue weighted by Crippen LogP contribution is -2.49. The third kappa shape index (κ3) is 3.76. The molecule has 1 aliphatic rings. The van der Waals surface area contributed by atoms with Crippen molar-refractivity contribution in [3.05, 3.63) is 47.1 Å². The molecule has 0 bridgehead atoms. The first-order valence-electron chi connectivity index (χ1n) is 8.04. The second-order valence-corrected chi connectivity index (χ2v) is 5.99. The van der Waals surface area contributed by atoms with Crippen LogP contribution in [0, 0.1) is 0 Å². The topological polar surface area (TPSA) is 61.4 Å². The van der Waals surface area contributed by atoms with Crippen LogP contribution in [0.3, 0.4) is 0 Å². The molecule has 2 heterocycles. The number of halogens is 1. The number of amides is 1. The Morgan fingerprint density at radius 3 is 2.54 bits per heavy atom. The van der Waals surface area contributed by atoms with Gasteiger partial charge in [0.15, 0.2) is 0 Å². The molecular formula is C17H20ClN5O. The van der Waals surface area contributed by atoms with Crippen molar-refractivity contribution in [3.63, 3.8) is 0 Å². The molecule has 1 fully saturated rings. The van der Waals surface area contributed by atoms with Gasteiger partial charge in [0, 0.05) is 49.5 Å². The van der Waals surface area contributed by atoms with E-state index in [2.05, 4.69) is 20.2 Å². The maximum atomic E-state index is 12.5. The average Bonchev–Trinajstić information content (AvgIpc) is 2.62. The molecule has 1 aromatic heterocycles. The Bertz CT molecular complexity index is 698. The number of nitrogens with zero attached hydrogens (tertiary/aromatic N) is 4. The molecule has 0 atom stereocenters. The highest BCUT2D eigenvalue weighted by Gasteiger charge is 2.23. The van der Waals surface area contributed by atoms with Crippen LogP contribution in [0.15, 0.2) is 36.5 Å². The number of nitrogens with one attached hydrogen (secondary N) is 1. The van der Waals surface area contributed by atoms with E-state index in [1.54, 1.807) is 30.5 Å². The number of anilines is 2. The van der Waals surface area contributed by atoms with Crippen molar-refractivity contribution in [1.82, 2.24) is 14.9 Å². The summed E-state index contributed by atoms with van der Waals surface area (Å²) in [4.78, 5) is 25.3. The first-order valence-corrected chi connectivity index (χ1v) is 8.42. The Balaban J connectivity index is 1.62. The Morgan fingerprint density at radius 2 is 1.88 bits per heavy atom. The minimum atomic E-state index is 0.0438. The Kier molecular flexibility index (Phi) is 5.15. The van der Waals surface area contributed by atoms with Gasteiger partial charge in [0.05, 0.1) is 0 Å². The third-order valence-corrected chi connectivity index (χ3v) is 4.21. The molecule has 1 amide bonds. The van der Waals surface area contributed by atoms with Gasteiger partial charge in [-0.2, -0.15) is 4.98 Å². The number of hydrogen-bond donors (Lipinski definition) is 1. The molecule has 7 heteroatoms. The largest absolute Gasteiger partial charge is 0.354 e. The minimum Gasteiger partial charge on any atom is -0.354 e. The number of aromatic nitrogens is 2. The van der Waals surface area contributed by atoms with Crippen LogP contribution in [0.1, 0.15) is 17.3 Å². The monoisotopic (exact) mass is 345 g/mol. The molecule has 1 saturated heterocycles. The van der Waals surface area contributed by atoms with E-state index in [1.807, 2.05) is 17.9 Å². The van der Waals surface area contributed by atoms with Crippen molar-refractivity contribution in [2.75, 3.05) is 42.9 Å². The van der Waals surface area contributed by atoms with E-state index in [4.69, 9.17) is 11.6 Å². The normalized spacial score (nSPS) is 14.6. The fourth-order valence-corrected chi connectivity index (χ4v) is 2.81. The van der Waals surface area contributed by atoms with Crippen LogP contribution in [-0.2, 0) is 0 Å². The summed E-state index contributed by atoms with van der Waals surface area (Å²) in [6.07, 6.45) is 1.76. The van der Waals surface area contributed by atoms with E-state index in [9.17, 15) is 4.79 Å². The number of benzene rings is 1. The molecule has 0 saturated carbocycles. The number of carbonyl (C=O) groups excluding carboxylic acids is 1. The summed E-state index contributed by atoms with van der Waals surface area (Å²) in [5.74, 6) is 1.57. The Labute approximate surface area is 146 Å². The SMILES string of the molecule is CCNc1nccc(N2CCN(C(=O)c3ccc(Cl)cc3)CC2)n1. The summed E-state index contributed by atoms with van der Waals surface area (Å²) < 4.78 is 0. The van der Waals surface area contributed by atoms with Crippen LogP contribution in [0.25, 0.3) is 0 Å². The van der Waals surface area contributed by atoms with Crippen LogP contribution < -0.4 is 10.2 Å². The number of rotatable bonds is 4. The highest BCUT2D eigenvalue weighted by Crippen LogP contribution is 2.17. The summed E-state index contributed by atoms with van der Waals surface area (Å²) >= 11 is 5.88. The summed E-state index contributed by atoms with van der Waals surface area (Å²) in [6, 6.07) is 8.92. The van der Waals surface area contributed by atoms with Crippen LogP contribution >= 0.6 is 11.6 Å². The zero-order valence-electron chi connectivity index (χ0n) is 13.6. The lowest BCUT2D eigenvalue weighted by atomic mass is 10.2. The zero-order valence-corrected chi connectivity index (χ0v) is 14.3. The van der Waals surface area contributed by atoms with Gasteiger partial charge in [-0.05, 0) is 37.3 Å². The Hall–Kier alpha value is -2.34. The fourth-order valence-electron chi connectivity index (χ4n) is 2.68. The fraction of sp³-hybridized carbons (Fsp3) is 0.353. The van der Waals surface area contributed by atoms with Crippen molar-refractivity contribution in [1.29, 1.82) is 0 Å². The van der Waals surface area contributed by atoms with E-state index < -0.39 is 0 Å². The van der Waals surface area contributed by atoms with Crippen LogP contribution in [0.2, 0.25) is 5.02 Å². The molecule has 3 rings (SSSR count). The first kappa shape index (κ1) is 16.5. The van der Waals surface area contributed by atoms with E-state index >= 15 is 0 Å². The smallest absolute Gasteiger partial charge is 0.253 e. The maximum absolute atomic E-state index is 12.5. The molecule has 1 aromatic carbocycles. The molecule has 0 unspecified atom stereocenters. The molecule has 2 aromatic rings. The van der Waals surface area contributed by atoms with Gasteiger partial charge in [-0.3, -0.25) is 4.79 Å². The summed E-state index contributed by atoms with van der Waals surface area (Å²) in [5.41, 5.74) is 0.671. The second-order valence-electron chi connectivity index (χ2n) is 5.55. The quantitative estimate of drug-likeness (QED) is 0.922. The molecule has 1 N–H and O–H groups in total. The van der Waals surface area contributed by atoms with Crippen molar-refractivity contribution < 1.29 is 4.79 Å². The van der Waals surface area contributed by atoms with E-state index in [0.29, 0.717) is 29.6 Å². The van der Waals surface area contributed by atoms with Crippen molar-refractivity contribution >= 4 is 29.3 Å². The second kappa shape index (κ2) is 7.49. The van der Waals surface area contributed by atoms with Crippen LogP contribution in [0.4, 0.5) is 11.8 Å². The number of hydrogen-bond acceptors (Lipinski definition) is 5. The number of piperazine rings is 1. The van der Waals surface area contributed by atoms with Crippen molar-refractivity contribution in [2.45, 2.75) is 6.92 Å². The van der Waals surface area contributed by atoms with Gasteiger partial charge < -0.3 is 15.1 Å². The molecule has 6 nitrogen and oxygen atoms in total. The standard InChI is InChI=1S/C17H20ClN5O/c1-2-19-17-20-8-7-15(21-17)22-9-11-23(12-10-22)16(24)13-3-5-14(18)6-4-13/h3-8H,2,9-12H2,1H3,(H,19,20,21). The van der Waals surface area contributed by atoms with E-state index in [0.717, 1.165) is 25.5 Å². The number of carbonyl (C=O) groups is 1. The predicted molar refractivity (Wildman–Crippen MR) is 95.8 cm³/mol. The molecule has 0 radical (unpaired) electrons. The first-order chi connectivity index (χ1) is 11.7. The van der Waals surface area contributed by atoms with Crippen molar-refractivity contribution in [2.24, 2.45) is 0 Å². The summed E-state index contributed by atoms with van der Waals surface area (Å²) in [5, 5.41) is 3.75. The molecule has 0 spiro atoms. The molecule has 24 heavy (non-hydrogen) atoms. The highest BCUT2D eigenvalue weighted by molar-refractivity contribution is 6.30.